The first-order valence-corrected chi connectivity index (χ1v) is 8.62. The zero-order chi connectivity index (χ0) is 14.9. The molecule has 5 nitrogen and oxygen atoms in total. The summed E-state index contributed by atoms with van der Waals surface area (Å²) in [4.78, 5) is 13.2. The summed E-state index contributed by atoms with van der Waals surface area (Å²) in [5.41, 5.74) is 5.15. The number of nitrogens with zero attached hydrogens (tertiary/aromatic N) is 1. The van der Waals surface area contributed by atoms with Crippen LogP contribution < -0.4 is 11.1 Å². The van der Waals surface area contributed by atoms with E-state index in [1.54, 1.807) is 11.3 Å². The average Bonchev–Trinajstić information content (AvgIpc) is 3.08. The monoisotopic (exact) mass is 323 g/mol. The van der Waals surface area contributed by atoms with E-state index in [0.29, 0.717) is 17.7 Å². The molecular weight excluding hydrogens is 306 g/mol. The Balaban J connectivity index is 1.85. The summed E-state index contributed by atoms with van der Waals surface area (Å²) < 4.78 is 2.23. The van der Waals surface area contributed by atoms with Crippen LogP contribution >= 0.6 is 22.7 Å². The second-order valence-electron chi connectivity index (χ2n) is 5.34. The molecule has 2 aromatic heterocycles. The molecule has 0 spiro atoms. The summed E-state index contributed by atoms with van der Waals surface area (Å²) in [6.07, 6.45) is 4.49. The van der Waals surface area contributed by atoms with Gasteiger partial charge in [-0.15, -0.1) is 22.7 Å². The van der Waals surface area contributed by atoms with Crippen molar-refractivity contribution in [3.05, 3.63) is 22.4 Å². The second kappa shape index (κ2) is 5.65. The van der Waals surface area contributed by atoms with Crippen molar-refractivity contribution in [1.29, 1.82) is 0 Å². The molecule has 0 aliphatic heterocycles. The number of nitrogens with two attached hydrogens (primary N) is 1. The molecule has 4 N–H and O–H groups in total. The van der Waals surface area contributed by atoms with Gasteiger partial charge in [-0.2, -0.15) is 0 Å². The van der Waals surface area contributed by atoms with Gasteiger partial charge in [-0.1, -0.05) is 24.4 Å². The maximum atomic E-state index is 12.5. The van der Waals surface area contributed by atoms with E-state index in [9.17, 15) is 4.79 Å². The molecule has 1 amide bonds. The van der Waals surface area contributed by atoms with Gasteiger partial charge in [-0.25, -0.2) is 0 Å². The van der Waals surface area contributed by atoms with Crippen LogP contribution in [0.15, 0.2) is 22.7 Å². The Kier molecular flexibility index (Phi) is 3.86. The highest BCUT2D eigenvalue weighted by atomic mass is 32.1. The average molecular weight is 323 g/mol. The van der Waals surface area contributed by atoms with Gasteiger partial charge in [0.2, 0.25) is 0 Å². The minimum absolute atomic E-state index is 0.105. The topological polar surface area (TPSA) is 87.7 Å². The predicted molar refractivity (Wildman–Crippen MR) is 86.4 cm³/mol. The van der Waals surface area contributed by atoms with Gasteiger partial charge in [0, 0.05) is 9.40 Å². The zero-order valence-corrected chi connectivity index (χ0v) is 13.1. The van der Waals surface area contributed by atoms with E-state index in [4.69, 9.17) is 10.9 Å². The molecule has 2 heterocycles. The molecule has 21 heavy (non-hydrogen) atoms. The van der Waals surface area contributed by atoms with Crippen molar-refractivity contribution in [3.8, 4) is 0 Å². The lowest BCUT2D eigenvalue weighted by atomic mass is 9.80. The number of rotatable bonds is 3. The van der Waals surface area contributed by atoms with Crippen LogP contribution in [0.3, 0.4) is 0 Å². The lowest BCUT2D eigenvalue weighted by Gasteiger charge is -2.36. The van der Waals surface area contributed by atoms with Gasteiger partial charge in [0.15, 0.2) is 5.84 Å². The Morgan fingerprint density at radius 1 is 1.33 bits per heavy atom. The van der Waals surface area contributed by atoms with Crippen LogP contribution in [0.2, 0.25) is 0 Å². The van der Waals surface area contributed by atoms with E-state index >= 15 is 0 Å². The third-order valence-corrected chi connectivity index (χ3v) is 6.11. The Morgan fingerprint density at radius 3 is 2.76 bits per heavy atom. The summed E-state index contributed by atoms with van der Waals surface area (Å²) >= 11 is 3.10. The molecule has 112 valence electrons. The third-order valence-electron chi connectivity index (χ3n) is 4.02. The molecule has 3 rings (SSSR count). The number of amidine groups is 1. The quantitative estimate of drug-likeness (QED) is 0.351. The van der Waals surface area contributed by atoms with Crippen LogP contribution in [0, 0.1) is 0 Å². The van der Waals surface area contributed by atoms with Gasteiger partial charge < -0.3 is 16.3 Å². The van der Waals surface area contributed by atoms with E-state index in [0.717, 1.165) is 28.7 Å². The van der Waals surface area contributed by atoms with Crippen LogP contribution in [-0.4, -0.2) is 22.5 Å². The first-order valence-electron chi connectivity index (χ1n) is 6.92. The van der Waals surface area contributed by atoms with Gasteiger partial charge >= 0.3 is 0 Å². The van der Waals surface area contributed by atoms with Gasteiger partial charge in [0.1, 0.15) is 5.54 Å². The smallest absolute Gasteiger partial charge is 0.262 e. The van der Waals surface area contributed by atoms with Crippen LogP contribution in [-0.2, 0) is 0 Å². The molecular formula is C14H17N3O2S2. The number of hydrogen-bond donors (Lipinski definition) is 3. The second-order valence-corrected chi connectivity index (χ2v) is 7.37. The Labute approximate surface area is 130 Å². The summed E-state index contributed by atoms with van der Waals surface area (Å²) in [7, 11) is 0. The van der Waals surface area contributed by atoms with E-state index < -0.39 is 5.54 Å². The van der Waals surface area contributed by atoms with Gasteiger partial charge in [0.25, 0.3) is 5.91 Å². The Bertz CT molecular complexity index is 655. The number of carbonyl (C=O) groups excluding carboxylic acids is 1. The maximum Gasteiger partial charge on any atom is 0.262 e. The fourth-order valence-corrected chi connectivity index (χ4v) is 4.86. The Morgan fingerprint density at radius 2 is 2.10 bits per heavy atom. The normalized spacial score (nSPS) is 18.8. The fourth-order valence-electron chi connectivity index (χ4n) is 2.85. The molecule has 1 saturated carbocycles. The lowest BCUT2D eigenvalue weighted by Crippen LogP contribution is -2.58. The molecule has 0 radical (unpaired) electrons. The summed E-state index contributed by atoms with van der Waals surface area (Å²) in [6.45, 7) is 0. The predicted octanol–water partition coefficient (Wildman–Crippen LogP) is 3.14. The van der Waals surface area contributed by atoms with Gasteiger partial charge in [-0.3, -0.25) is 4.79 Å². The number of thiophene rings is 2. The fraction of sp³-hybridized carbons (Fsp3) is 0.429. The van der Waals surface area contributed by atoms with E-state index in [2.05, 4.69) is 10.5 Å². The highest BCUT2D eigenvalue weighted by Crippen LogP contribution is 2.32. The molecule has 2 aromatic rings. The minimum atomic E-state index is -0.707. The van der Waals surface area contributed by atoms with Crippen LogP contribution in [0.4, 0.5) is 0 Å². The summed E-state index contributed by atoms with van der Waals surface area (Å²) in [6, 6.07) is 3.92. The van der Waals surface area contributed by atoms with Crippen molar-refractivity contribution < 1.29 is 10.0 Å². The zero-order valence-electron chi connectivity index (χ0n) is 11.5. The molecule has 0 aromatic carbocycles. The number of carbonyl (C=O) groups is 1. The van der Waals surface area contributed by atoms with Gasteiger partial charge in [-0.05, 0) is 30.4 Å². The highest BCUT2D eigenvalue weighted by molar-refractivity contribution is 7.27. The molecule has 1 aliphatic rings. The van der Waals surface area contributed by atoms with Crippen LogP contribution in [0.25, 0.3) is 9.40 Å². The maximum absolute atomic E-state index is 12.5. The number of fused-ring (bicyclic) bond motifs is 1. The lowest BCUT2D eigenvalue weighted by molar-refractivity contribution is 0.0910. The van der Waals surface area contributed by atoms with Crippen LogP contribution in [0.1, 0.15) is 41.8 Å². The van der Waals surface area contributed by atoms with E-state index in [-0.39, 0.29) is 11.7 Å². The van der Waals surface area contributed by atoms with Crippen molar-refractivity contribution in [2.45, 2.75) is 37.6 Å². The summed E-state index contributed by atoms with van der Waals surface area (Å²) in [5.74, 6) is -0.0363. The van der Waals surface area contributed by atoms with Crippen molar-refractivity contribution in [2.75, 3.05) is 0 Å². The molecule has 0 saturated heterocycles. The first-order chi connectivity index (χ1) is 10.1. The standard InChI is InChI=1S/C14H17N3O2S2/c15-13(17-19)14(5-2-1-3-6-14)16-12(18)11-8-10-9(21-11)4-7-20-10/h4,7-8,19H,1-3,5-6H2,(H2,15,17)(H,16,18). The third kappa shape index (κ3) is 2.63. The molecule has 7 heteroatoms. The van der Waals surface area contributed by atoms with Gasteiger partial charge in [0.05, 0.1) is 4.88 Å². The molecule has 1 fully saturated rings. The number of nitrogens with one attached hydrogen (secondary N) is 1. The van der Waals surface area contributed by atoms with Crippen molar-refractivity contribution >= 4 is 43.8 Å². The van der Waals surface area contributed by atoms with Crippen molar-refractivity contribution in [1.82, 2.24) is 5.32 Å². The van der Waals surface area contributed by atoms with Crippen molar-refractivity contribution in [2.24, 2.45) is 10.9 Å². The van der Waals surface area contributed by atoms with Crippen molar-refractivity contribution in [3.63, 3.8) is 0 Å². The molecule has 0 bridgehead atoms. The Hall–Kier alpha value is -1.60. The van der Waals surface area contributed by atoms with E-state index in [1.165, 1.54) is 11.3 Å². The molecule has 1 aliphatic carbocycles. The minimum Gasteiger partial charge on any atom is -0.409 e. The van der Waals surface area contributed by atoms with Crippen LogP contribution in [0.5, 0.6) is 0 Å². The van der Waals surface area contributed by atoms with E-state index in [1.807, 2.05) is 17.5 Å². The highest BCUT2D eigenvalue weighted by Gasteiger charge is 2.38. The largest absolute Gasteiger partial charge is 0.409 e. The number of amides is 1. The number of oxime groups is 1. The first kappa shape index (κ1) is 14.3. The number of hydrogen-bond acceptors (Lipinski definition) is 5. The summed E-state index contributed by atoms with van der Waals surface area (Å²) in [5, 5.41) is 17.2. The molecule has 0 unspecified atom stereocenters. The molecule has 0 atom stereocenters. The SMILES string of the molecule is N/C(=N/O)C1(NC(=O)c2cc3sccc3s2)CCCCC1.